The Balaban J connectivity index is 2.29. The molecule has 1 fully saturated rings. The Labute approximate surface area is 68.9 Å². The van der Waals surface area contributed by atoms with Crippen LogP contribution in [-0.2, 0) is 9.47 Å². The maximum absolute atomic E-state index is 5.81. The van der Waals surface area contributed by atoms with E-state index in [2.05, 4.69) is 27.7 Å². The monoisotopic (exact) mass is 158 g/mol. The third-order valence-electron chi connectivity index (χ3n) is 2.22. The van der Waals surface area contributed by atoms with Gasteiger partial charge in [-0.2, -0.15) is 0 Å². The highest BCUT2D eigenvalue weighted by Gasteiger charge is 2.36. The van der Waals surface area contributed by atoms with Crippen molar-refractivity contribution in [2.75, 3.05) is 13.2 Å². The van der Waals surface area contributed by atoms with Crippen molar-refractivity contribution in [2.45, 2.75) is 39.4 Å². The summed E-state index contributed by atoms with van der Waals surface area (Å²) in [5.74, 6) is 0.590. The van der Waals surface area contributed by atoms with E-state index in [1.165, 1.54) is 0 Å². The highest BCUT2D eigenvalue weighted by atomic mass is 16.6. The van der Waals surface area contributed by atoms with Crippen molar-refractivity contribution in [3.8, 4) is 0 Å². The molecular weight excluding hydrogens is 140 g/mol. The van der Waals surface area contributed by atoms with Crippen LogP contribution in [0.4, 0.5) is 0 Å². The van der Waals surface area contributed by atoms with Gasteiger partial charge in [0.15, 0.2) is 0 Å². The van der Waals surface area contributed by atoms with E-state index in [0.717, 1.165) is 13.2 Å². The van der Waals surface area contributed by atoms with Crippen molar-refractivity contribution in [1.82, 2.24) is 0 Å². The lowest BCUT2D eigenvalue weighted by Crippen LogP contribution is -2.51. The lowest BCUT2D eigenvalue weighted by atomic mass is 10.0. The third-order valence-corrected chi connectivity index (χ3v) is 2.22. The van der Waals surface area contributed by atoms with Crippen LogP contribution in [0, 0.1) is 5.92 Å². The number of hydrogen-bond acceptors (Lipinski definition) is 2. The molecule has 0 bridgehead atoms. The summed E-state index contributed by atoms with van der Waals surface area (Å²) >= 11 is 0. The fourth-order valence-corrected chi connectivity index (χ4v) is 1.04. The van der Waals surface area contributed by atoms with Gasteiger partial charge in [-0.25, -0.2) is 0 Å². The summed E-state index contributed by atoms with van der Waals surface area (Å²) in [7, 11) is 0. The molecule has 0 radical (unpaired) electrons. The zero-order chi connectivity index (χ0) is 8.48. The smallest absolute Gasteiger partial charge is 0.112 e. The predicted octanol–water partition coefficient (Wildman–Crippen LogP) is 1.84. The van der Waals surface area contributed by atoms with Crippen LogP contribution in [0.15, 0.2) is 0 Å². The molecule has 0 aromatic heterocycles. The van der Waals surface area contributed by atoms with Crippen molar-refractivity contribution < 1.29 is 9.47 Å². The van der Waals surface area contributed by atoms with Gasteiger partial charge in [-0.1, -0.05) is 13.8 Å². The van der Waals surface area contributed by atoms with E-state index in [1.807, 2.05) is 0 Å². The Morgan fingerprint density at radius 2 is 1.82 bits per heavy atom. The molecule has 2 heteroatoms. The van der Waals surface area contributed by atoms with Gasteiger partial charge in [0, 0.05) is 0 Å². The maximum Gasteiger partial charge on any atom is 0.112 e. The molecule has 1 saturated heterocycles. The second kappa shape index (κ2) is 3.11. The molecule has 11 heavy (non-hydrogen) atoms. The lowest BCUT2D eigenvalue weighted by Gasteiger charge is -2.40. The maximum atomic E-state index is 5.81. The van der Waals surface area contributed by atoms with Crippen LogP contribution in [-0.4, -0.2) is 24.9 Å². The molecule has 0 spiro atoms. The summed E-state index contributed by atoms with van der Waals surface area (Å²) < 4.78 is 10.9. The summed E-state index contributed by atoms with van der Waals surface area (Å²) in [5.41, 5.74) is 0.00366. The van der Waals surface area contributed by atoms with E-state index in [4.69, 9.17) is 9.47 Å². The molecule has 0 aromatic rings. The molecule has 2 nitrogen and oxygen atoms in total. The minimum absolute atomic E-state index is 0.00366. The van der Waals surface area contributed by atoms with Crippen molar-refractivity contribution in [3.05, 3.63) is 0 Å². The highest BCUT2D eigenvalue weighted by molar-refractivity contribution is 4.83. The van der Waals surface area contributed by atoms with Gasteiger partial charge in [0.1, 0.15) is 5.60 Å². The second-order valence-corrected chi connectivity index (χ2v) is 4.01. The first-order valence-corrected chi connectivity index (χ1v) is 4.29. The van der Waals surface area contributed by atoms with Gasteiger partial charge in [-0.15, -0.1) is 0 Å². The van der Waals surface area contributed by atoms with Crippen molar-refractivity contribution in [3.63, 3.8) is 0 Å². The quantitative estimate of drug-likeness (QED) is 0.624. The second-order valence-electron chi connectivity index (χ2n) is 4.01. The van der Waals surface area contributed by atoms with Crippen LogP contribution in [0.2, 0.25) is 0 Å². The molecule has 0 N–H and O–H groups in total. The first kappa shape index (κ1) is 9.01. The van der Waals surface area contributed by atoms with E-state index in [-0.39, 0.29) is 5.60 Å². The summed E-state index contributed by atoms with van der Waals surface area (Å²) in [6.45, 7) is 10.1. The molecule has 1 aliphatic heterocycles. The van der Waals surface area contributed by atoms with Crippen LogP contribution in [0.5, 0.6) is 0 Å². The van der Waals surface area contributed by atoms with E-state index in [1.54, 1.807) is 0 Å². The van der Waals surface area contributed by atoms with E-state index in [9.17, 15) is 0 Å². The van der Waals surface area contributed by atoms with Gasteiger partial charge in [-0.05, 0) is 19.8 Å². The molecule has 0 aromatic carbocycles. The van der Waals surface area contributed by atoms with Crippen LogP contribution in [0.3, 0.4) is 0 Å². The van der Waals surface area contributed by atoms with E-state index >= 15 is 0 Å². The van der Waals surface area contributed by atoms with Crippen LogP contribution in [0.1, 0.15) is 27.7 Å². The van der Waals surface area contributed by atoms with Gasteiger partial charge in [0.2, 0.25) is 0 Å². The molecule has 0 saturated carbocycles. The van der Waals surface area contributed by atoms with Crippen LogP contribution < -0.4 is 0 Å². The fraction of sp³-hybridized carbons (Fsp3) is 1.00. The van der Waals surface area contributed by atoms with Gasteiger partial charge in [0.05, 0.1) is 19.3 Å². The summed E-state index contributed by atoms with van der Waals surface area (Å²) in [6, 6.07) is 0. The molecule has 0 amide bonds. The average Bonchev–Trinajstić information content (AvgIpc) is 1.84. The lowest BCUT2D eigenvalue weighted by molar-refractivity contribution is -0.223. The predicted molar refractivity (Wildman–Crippen MR) is 44.6 cm³/mol. The molecule has 1 rings (SSSR count). The number of hydrogen-bond donors (Lipinski definition) is 0. The van der Waals surface area contributed by atoms with Crippen molar-refractivity contribution >= 4 is 0 Å². The minimum Gasteiger partial charge on any atom is -0.375 e. The van der Waals surface area contributed by atoms with Crippen molar-refractivity contribution in [1.29, 1.82) is 0 Å². The number of ether oxygens (including phenoxy) is 2. The topological polar surface area (TPSA) is 18.5 Å². The number of rotatable bonds is 3. The standard InChI is InChI=1S/C9H18O2/c1-7(2)8(3)11-9(4)5-10-6-9/h7-8H,5-6H2,1-4H3. The third kappa shape index (κ3) is 2.17. The first-order valence-electron chi connectivity index (χ1n) is 4.29. The molecule has 0 aliphatic carbocycles. The SMILES string of the molecule is CC(C)C(C)OC1(C)COC1. The molecule has 1 heterocycles. The molecule has 1 aliphatic rings. The van der Waals surface area contributed by atoms with Gasteiger partial charge >= 0.3 is 0 Å². The summed E-state index contributed by atoms with van der Waals surface area (Å²) in [5, 5.41) is 0. The summed E-state index contributed by atoms with van der Waals surface area (Å²) in [6.07, 6.45) is 0.337. The van der Waals surface area contributed by atoms with Crippen molar-refractivity contribution in [2.24, 2.45) is 5.92 Å². The Morgan fingerprint density at radius 3 is 2.09 bits per heavy atom. The zero-order valence-corrected chi connectivity index (χ0v) is 7.89. The zero-order valence-electron chi connectivity index (χ0n) is 7.89. The van der Waals surface area contributed by atoms with Gasteiger partial charge in [0.25, 0.3) is 0 Å². The molecule has 1 atom stereocenters. The highest BCUT2D eigenvalue weighted by Crippen LogP contribution is 2.24. The normalized spacial score (nSPS) is 24.8. The Hall–Kier alpha value is -0.0800. The van der Waals surface area contributed by atoms with E-state index < -0.39 is 0 Å². The Kier molecular flexibility index (Phi) is 2.55. The Bertz CT molecular complexity index is 128. The van der Waals surface area contributed by atoms with Crippen LogP contribution >= 0.6 is 0 Å². The average molecular weight is 158 g/mol. The van der Waals surface area contributed by atoms with Crippen LogP contribution in [0.25, 0.3) is 0 Å². The molecule has 1 unspecified atom stereocenters. The van der Waals surface area contributed by atoms with E-state index in [0.29, 0.717) is 12.0 Å². The Morgan fingerprint density at radius 1 is 1.27 bits per heavy atom. The molecule has 66 valence electrons. The first-order chi connectivity index (χ1) is 5.03. The van der Waals surface area contributed by atoms with Gasteiger partial charge < -0.3 is 9.47 Å². The minimum atomic E-state index is 0.00366. The fourth-order valence-electron chi connectivity index (χ4n) is 1.04. The van der Waals surface area contributed by atoms with Gasteiger partial charge in [-0.3, -0.25) is 0 Å². The summed E-state index contributed by atoms with van der Waals surface area (Å²) in [4.78, 5) is 0. The molecular formula is C9H18O2. The largest absolute Gasteiger partial charge is 0.375 e.